The Hall–Kier alpha value is -3.10. The smallest absolute Gasteiger partial charge is 0.361 e. The minimum atomic E-state index is -3.35. The molecule has 0 aliphatic carbocycles. The van der Waals surface area contributed by atoms with Gasteiger partial charge in [-0.15, -0.1) is 6.42 Å². The maximum absolute atomic E-state index is 12.9. The fourth-order valence-electron chi connectivity index (χ4n) is 4.94. The molecule has 12 nitrogen and oxygen atoms in total. The van der Waals surface area contributed by atoms with Crippen LogP contribution in [0.15, 0.2) is 67.4 Å². The highest BCUT2D eigenvalue weighted by Gasteiger charge is 2.36. The van der Waals surface area contributed by atoms with E-state index in [1.54, 1.807) is 41.2 Å². The normalized spacial score (nSPS) is 12.7. The number of nitrogens with one attached hydrogen (secondary N) is 1. The number of aromatic nitrogens is 4. The number of hydrogen-bond acceptors (Lipinski definition) is 8. The second-order valence-electron chi connectivity index (χ2n) is 10.4. The summed E-state index contributed by atoms with van der Waals surface area (Å²) in [6, 6.07) is 16.2. The van der Waals surface area contributed by atoms with E-state index in [1.807, 2.05) is 43.5 Å². The first kappa shape index (κ1) is 37.4. The van der Waals surface area contributed by atoms with E-state index in [4.69, 9.17) is 24.5 Å². The van der Waals surface area contributed by atoms with Crippen molar-refractivity contribution in [3.8, 4) is 12.3 Å². The van der Waals surface area contributed by atoms with Gasteiger partial charge in [-0.3, -0.25) is 18.1 Å². The van der Waals surface area contributed by atoms with Crippen LogP contribution in [-0.4, -0.2) is 82.7 Å². The summed E-state index contributed by atoms with van der Waals surface area (Å²) in [4.78, 5) is 7.25. The molecule has 46 heavy (non-hydrogen) atoms. The van der Waals surface area contributed by atoms with Crippen LogP contribution in [0.5, 0.6) is 0 Å². The molecule has 0 saturated carbocycles. The molecule has 250 valence electrons. The Kier molecular flexibility index (Phi) is 14.9. The van der Waals surface area contributed by atoms with Gasteiger partial charge < -0.3 is 4.98 Å². The van der Waals surface area contributed by atoms with Crippen LogP contribution < -0.4 is 0 Å². The van der Waals surface area contributed by atoms with E-state index in [9.17, 15) is 9.13 Å². The van der Waals surface area contributed by atoms with Gasteiger partial charge in [0.15, 0.2) is 0 Å². The zero-order chi connectivity index (χ0) is 33.6. The van der Waals surface area contributed by atoms with Gasteiger partial charge in [0.2, 0.25) is 0 Å². The molecule has 0 aliphatic rings. The van der Waals surface area contributed by atoms with Crippen LogP contribution in [0, 0.1) is 12.3 Å². The molecular formula is C32H46N6O6P2. The van der Waals surface area contributed by atoms with Gasteiger partial charge in [-0.1, -0.05) is 42.3 Å². The van der Waals surface area contributed by atoms with Crippen molar-refractivity contribution in [2.75, 3.05) is 47.6 Å². The molecule has 0 radical (unpaired) electrons. The largest absolute Gasteiger partial charge is 0.409 e. The first-order chi connectivity index (χ1) is 22.1. The second-order valence-corrected chi connectivity index (χ2v) is 14.7. The number of aromatic amines is 1. The summed E-state index contributed by atoms with van der Waals surface area (Å²) in [7, 11) is -2.02. The SMILES string of the molecule is C#CCN(C(C)Cc1ccccc1)P(=O)(OCC)OCC.COP(=O)(OC)N(C)CCc1c[nH]c2ccc(Cn3cncn3)cc12. The number of nitrogens with zero attached hydrogens (tertiary/aromatic N) is 5. The van der Waals surface area contributed by atoms with Gasteiger partial charge in [0.25, 0.3) is 0 Å². The zero-order valence-corrected chi connectivity index (χ0v) is 29.3. The lowest BCUT2D eigenvalue weighted by atomic mass is 10.1. The second kappa shape index (κ2) is 18.3. The van der Waals surface area contributed by atoms with Gasteiger partial charge in [0.05, 0.1) is 26.3 Å². The van der Waals surface area contributed by atoms with Crippen LogP contribution >= 0.6 is 15.5 Å². The number of hydrogen-bond donors (Lipinski definition) is 1. The maximum Gasteiger partial charge on any atom is 0.409 e. The Bertz CT molecular complexity index is 1590. The van der Waals surface area contributed by atoms with Crippen molar-refractivity contribution in [3.05, 3.63) is 84.1 Å². The van der Waals surface area contributed by atoms with Crippen LogP contribution in [0.4, 0.5) is 0 Å². The minimum Gasteiger partial charge on any atom is -0.361 e. The van der Waals surface area contributed by atoms with Crippen molar-refractivity contribution in [1.82, 2.24) is 29.1 Å². The molecule has 0 saturated heterocycles. The van der Waals surface area contributed by atoms with Crippen molar-refractivity contribution in [3.63, 3.8) is 0 Å². The summed E-state index contributed by atoms with van der Waals surface area (Å²) in [5.74, 6) is 2.55. The number of likely N-dealkylation sites (N-methyl/N-ethyl adjacent to an activating group) is 1. The van der Waals surface area contributed by atoms with Gasteiger partial charge >= 0.3 is 15.5 Å². The third-order valence-corrected chi connectivity index (χ3v) is 11.6. The quantitative estimate of drug-likeness (QED) is 0.0993. The molecule has 0 aliphatic heterocycles. The Labute approximate surface area is 272 Å². The van der Waals surface area contributed by atoms with Gasteiger partial charge in [0, 0.05) is 43.9 Å². The first-order valence-corrected chi connectivity index (χ1v) is 18.1. The molecule has 2 aromatic heterocycles. The minimum absolute atomic E-state index is 0.0487. The summed E-state index contributed by atoms with van der Waals surface area (Å²) >= 11 is 0. The molecule has 4 aromatic rings. The highest BCUT2D eigenvalue weighted by atomic mass is 31.2. The lowest BCUT2D eigenvalue weighted by molar-refractivity contribution is 0.158. The molecule has 1 N–H and O–H groups in total. The van der Waals surface area contributed by atoms with Gasteiger partial charge in [-0.25, -0.2) is 23.5 Å². The van der Waals surface area contributed by atoms with Crippen LogP contribution in [-0.2, 0) is 46.6 Å². The topological polar surface area (TPSA) is 124 Å². The van der Waals surface area contributed by atoms with Crippen LogP contribution in [0.3, 0.4) is 0 Å². The summed E-state index contributed by atoms with van der Waals surface area (Å²) in [5.41, 5.74) is 4.53. The average Bonchev–Trinajstić information content (AvgIpc) is 3.72. The van der Waals surface area contributed by atoms with Gasteiger partial charge in [-0.2, -0.15) is 9.77 Å². The monoisotopic (exact) mass is 672 g/mol. The number of fused-ring (bicyclic) bond motifs is 1. The summed E-state index contributed by atoms with van der Waals surface area (Å²) in [6.07, 6.45) is 12.1. The molecule has 14 heteroatoms. The van der Waals surface area contributed by atoms with Crippen molar-refractivity contribution >= 4 is 26.4 Å². The summed E-state index contributed by atoms with van der Waals surface area (Å²) in [6.45, 7) is 7.65. The zero-order valence-electron chi connectivity index (χ0n) is 27.5. The number of terminal acetylenes is 1. The fraction of sp³-hybridized carbons (Fsp3) is 0.438. The lowest BCUT2D eigenvalue weighted by Crippen LogP contribution is -2.34. The molecule has 0 spiro atoms. The first-order valence-electron chi connectivity index (χ1n) is 15.1. The van der Waals surface area contributed by atoms with E-state index in [1.165, 1.54) is 20.5 Å². The molecule has 0 fully saturated rings. The van der Waals surface area contributed by atoms with E-state index < -0.39 is 15.5 Å². The van der Waals surface area contributed by atoms with Crippen LogP contribution in [0.1, 0.15) is 37.5 Å². The van der Waals surface area contributed by atoms with Crippen molar-refractivity contribution in [1.29, 1.82) is 0 Å². The molecule has 4 rings (SSSR count). The van der Waals surface area contributed by atoms with Crippen molar-refractivity contribution in [2.45, 2.75) is 46.2 Å². The Morgan fingerprint density at radius 3 is 2.30 bits per heavy atom. The van der Waals surface area contributed by atoms with Crippen molar-refractivity contribution < 1.29 is 27.2 Å². The predicted octanol–water partition coefficient (Wildman–Crippen LogP) is 6.42. The number of H-pyrrole nitrogens is 1. The molecule has 2 heterocycles. The molecule has 1 atom stereocenters. The highest BCUT2D eigenvalue weighted by Crippen LogP contribution is 2.53. The van der Waals surface area contributed by atoms with E-state index in [2.05, 4.69) is 39.2 Å². The average molecular weight is 673 g/mol. The molecular weight excluding hydrogens is 626 g/mol. The third kappa shape index (κ3) is 10.2. The lowest BCUT2D eigenvalue weighted by Gasteiger charge is -2.33. The summed E-state index contributed by atoms with van der Waals surface area (Å²) in [5, 5.41) is 5.29. The fourth-order valence-corrected chi connectivity index (χ4v) is 7.83. The van der Waals surface area contributed by atoms with Gasteiger partial charge in [-0.05, 0) is 69.5 Å². The van der Waals surface area contributed by atoms with Crippen LogP contribution in [0.25, 0.3) is 10.9 Å². The Balaban J connectivity index is 0.000000255. The number of rotatable bonds is 17. The number of benzene rings is 2. The van der Waals surface area contributed by atoms with Crippen molar-refractivity contribution in [2.24, 2.45) is 0 Å². The Morgan fingerprint density at radius 2 is 1.72 bits per heavy atom. The summed E-state index contributed by atoms with van der Waals surface area (Å²) < 4.78 is 51.2. The van der Waals surface area contributed by atoms with E-state index >= 15 is 0 Å². The maximum atomic E-state index is 12.9. The molecule has 1 unspecified atom stereocenters. The highest BCUT2D eigenvalue weighted by molar-refractivity contribution is 7.51. The standard InChI is InChI=1S/C16H22N5O3P.C16H24NO3P/c1-20(25(22,23-2)24-3)7-6-14-9-18-16-5-4-13(8-15(14)16)10-21-12-17-11-19-21;1-5-13-17(21(18,19-6-2)20-7-3)15(4)14-16-11-9-8-10-12-16/h4-5,8-9,11-12,18H,6-7,10H2,1-3H3;1,8-12,15H,6-7,13-14H2,2-4H3. The van der Waals surface area contributed by atoms with Crippen LogP contribution in [0.2, 0.25) is 0 Å². The van der Waals surface area contributed by atoms with E-state index in [0.29, 0.717) is 26.3 Å². The Morgan fingerprint density at radius 1 is 1.02 bits per heavy atom. The molecule has 2 aromatic carbocycles. The van der Waals surface area contributed by atoms with E-state index in [0.717, 1.165) is 40.4 Å². The van der Waals surface area contributed by atoms with E-state index in [-0.39, 0.29) is 12.6 Å². The predicted molar refractivity (Wildman–Crippen MR) is 181 cm³/mol. The van der Waals surface area contributed by atoms with Gasteiger partial charge in [0.1, 0.15) is 12.7 Å². The molecule has 0 bridgehead atoms. The third-order valence-electron chi connectivity index (χ3n) is 7.26. The molecule has 0 amide bonds.